The zero-order chi connectivity index (χ0) is 20.3. The van der Waals surface area contributed by atoms with Crippen LogP contribution in [0.2, 0.25) is 0 Å². The predicted octanol–water partition coefficient (Wildman–Crippen LogP) is -1.47. The van der Waals surface area contributed by atoms with Gasteiger partial charge in [0.2, 0.25) is 23.6 Å². The summed E-state index contributed by atoms with van der Waals surface area (Å²) in [6.45, 7) is 2.19. The van der Waals surface area contributed by atoms with Crippen LogP contribution in [0.5, 0.6) is 0 Å². The number of hydrogen-bond acceptors (Lipinski definition) is 6. The molecule has 28 heavy (non-hydrogen) atoms. The average molecular weight is 408 g/mol. The van der Waals surface area contributed by atoms with Crippen LogP contribution in [0.1, 0.15) is 25.5 Å². The van der Waals surface area contributed by atoms with E-state index in [1.54, 1.807) is 13.1 Å². The highest BCUT2D eigenvalue weighted by Crippen LogP contribution is 2.20. The maximum absolute atomic E-state index is 13.1. The Hall–Kier alpha value is -2.56. The Labute approximate surface area is 166 Å². The molecule has 2 saturated heterocycles. The minimum Gasteiger partial charge on any atom is -0.368 e. The molecule has 3 rings (SSSR count). The van der Waals surface area contributed by atoms with Crippen molar-refractivity contribution in [3.8, 4) is 0 Å². The smallest absolute Gasteiger partial charge is 0.246 e. The summed E-state index contributed by atoms with van der Waals surface area (Å²) in [6, 6.07) is -2.27. The number of imidazole rings is 1. The molecule has 152 valence electrons. The van der Waals surface area contributed by atoms with Crippen molar-refractivity contribution in [2.24, 2.45) is 5.73 Å². The van der Waals surface area contributed by atoms with Crippen LogP contribution in [-0.2, 0) is 25.6 Å². The van der Waals surface area contributed by atoms with E-state index in [9.17, 15) is 19.2 Å². The summed E-state index contributed by atoms with van der Waals surface area (Å²) in [4.78, 5) is 57.6. The van der Waals surface area contributed by atoms with Crippen LogP contribution in [0.25, 0.3) is 0 Å². The first-order valence-electron chi connectivity index (χ1n) is 9.16. The van der Waals surface area contributed by atoms with Gasteiger partial charge in [-0.05, 0) is 19.8 Å². The lowest BCUT2D eigenvalue weighted by atomic mass is 10.1. The van der Waals surface area contributed by atoms with Crippen LogP contribution >= 0.6 is 11.8 Å². The van der Waals surface area contributed by atoms with Crippen LogP contribution < -0.4 is 16.4 Å². The second kappa shape index (κ2) is 8.63. The van der Waals surface area contributed by atoms with Crippen molar-refractivity contribution in [1.82, 2.24) is 25.5 Å². The summed E-state index contributed by atoms with van der Waals surface area (Å²) < 4.78 is 0. The molecule has 4 amide bonds. The van der Waals surface area contributed by atoms with Crippen molar-refractivity contribution < 1.29 is 19.2 Å². The third-order valence-electron chi connectivity index (χ3n) is 4.97. The van der Waals surface area contributed by atoms with Crippen LogP contribution in [0.4, 0.5) is 0 Å². The van der Waals surface area contributed by atoms with E-state index in [-0.39, 0.29) is 23.5 Å². The highest BCUT2D eigenvalue weighted by molar-refractivity contribution is 8.00. The quantitative estimate of drug-likeness (QED) is 0.451. The van der Waals surface area contributed by atoms with Crippen molar-refractivity contribution in [2.45, 2.75) is 49.6 Å². The number of likely N-dealkylation sites (tertiary alicyclic amines) is 1. The molecule has 0 radical (unpaired) electrons. The number of rotatable bonds is 6. The largest absolute Gasteiger partial charge is 0.368 e. The molecular weight excluding hydrogens is 384 g/mol. The first-order valence-corrected chi connectivity index (χ1v) is 10.2. The molecular formula is C17H24N6O4S. The highest BCUT2D eigenvalue weighted by Gasteiger charge is 2.38. The fourth-order valence-corrected chi connectivity index (χ4v) is 4.34. The number of aromatic amines is 1. The minimum atomic E-state index is -0.894. The summed E-state index contributed by atoms with van der Waals surface area (Å²) in [6.07, 6.45) is 4.44. The number of primary amides is 1. The van der Waals surface area contributed by atoms with Crippen molar-refractivity contribution in [3.63, 3.8) is 0 Å². The molecule has 0 aliphatic carbocycles. The molecule has 1 aromatic rings. The number of nitrogens with one attached hydrogen (secondary N) is 3. The molecule has 5 N–H and O–H groups in total. The van der Waals surface area contributed by atoms with Gasteiger partial charge in [-0.15, -0.1) is 11.8 Å². The zero-order valence-corrected chi connectivity index (χ0v) is 16.3. The first kappa shape index (κ1) is 20.2. The van der Waals surface area contributed by atoms with E-state index in [0.717, 1.165) is 0 Å². The molecule has 3 heterocycles. The molecule has 10 nitrogen and oxygen atoms in total. The monoisotopic (exact) mass is 408 g/mol. The van der Waals surface area contributed by atoms with E-state index >= 15 is 0 Å². The Morgan fingerprint density at radius 1 is 1.46 bits per heavy atom. The van der Waals surface area contributed by atoms with Gasteiger partial charge < -0.3 is 26.3 Å². The number of carbonyl (C=O) groups excluding carboxylic acids is 4. The number of nitrogens with zero attached hydrogens (tertiary/aromatic N) is 2. The Morgan fingerprint density at radius 3 is 2.89 bits per heavy atom. The summed E-state index contributed by atoms with van der Waals surface area (Å²) in [7, 11) is 0. The summed E-state index contributed by atoms with van der Waals surface area (Å²) in [5.74, 6) is -1.13. The number of nitrogens with two attached hydrogens (primary N) is 1. The van der Waals surface area contributed by atoms with E-state index in [1.807, 2.05) is 0 Å². The van der Waals surface area contributed by atoms with Crippen molar-refractivity contribution in [3.05, 3.63) is 18.2 Å². The second-order valence-electron chi connectivity index (χ2n) is 6.97. The SMILES string of the molecule is CC1SCC(C(=O)N[C@@H](Cc2cnc[nH]2)C(=O)N2CCC[C@H]2C(N)=O)NC1=O. The first-order chi connectivity index (χ1) is 13.4. The fraction of sp³-hybridized carbons (Fsp3) is 0.588. The molecule has 1 aromatic heterocycles. The maximum atomic E-state index is 13.1. The Bertz CT molecular complexity index is 755. The summed E-state index contributed by atoms with van der Waals surface area (Å²) in [5.41, 5.74) is 6.09. The molecule has 4 atom stereocenters. The van der Waals surface area contributed by atoms with E-state index in [4.69, 9.17) is 5.73 Å². The standard InChI is InChI=1S/C17H24N6O4S/c1-9-15(25)22-12(7-28-9)16(26)21-11(5-10-6-19-8-20-10)17(27)23-4-2-3-13(23)14(18)24/h6,8-9,11-13H,2-5,7H2,1H3,(H2,18,24)(H,19,20)(H,21,26)(H,22,25)/t9?,11-,12?,13-/m0/s1. The third kappa shape index (κ3) is 4.46. The van der Waals surface area contributed by atoms with Gasteiger partial charge in [0, 0.05) is 30.6 Å². The van der Waals surface area contributed by atoms with Gasteiger partial charge in [-0.25, -0.2) is 4.98 Å². The second-order valence-corrected chi connectivity index (χ2v) is 8.34. The lowest BCUT2D eigenvalue weighted by molar-refractivity contribution is -0.141. The lowest BCUT2D eigenvalue weighted by Crippen LogP contribution is -2.59. The fourth-order valence-electron chi connectivity index (χ4n) is 3.40. The van der Waals surface area contributed by atoms with Crippen molar-refractivity contribution >= 4 is 35.4 Å². The van der Waals surface area contributed by atoms with Crippen LogP contribution in [0.3, 0.4) is 0 Å². The van der Waals surface area contributed by atoms with E-state index in [2.05, 4.69) is 20.6 Å². The van der Waals surface area contributed by atoms with E-state index < -0.39 is 29.9 Å². The van der Waals surface area contributed by atoms with Gasteiger partial charge in [-0.2, -0.15) is 0 Å². The van der Waals surface area contributed by atoms with Gasteiger partial charge in [0.15, 0.2) is 0 Å². The summed E-state index contributed by atoms with van der Waals surface area (Å²) >= 11 is 1.39. The number of carbonyl (C=O) groups is 4. The van der Waals surface area contributed by atoms with Crippen molar-refractivity contribution in [1.29, 1.82) is 0 Å². The van der Waals surface area contributed by atoms with Crippen LogP contribution in [0.15, 0.2) is 12.5 Å². The molecule has 0 saturated carbocycles. The van der Waals surface area contributed by atoms with Gasteiger partial charge in [-0.3, -0.25) is 19.2 Å². The molecule has 0 spiro atoms. The average Bonchev–Trinajstić information content (AvgIpc) is 3.34. The highest BCUT2D eigenvalue weighted by atomic mass is 32.2. The minimum absolute atomic E-state index is 0.191. The molecule has 2 aliphatic rings. The molecule has 11 heteroatoms. The lowest BCUT2D eigenvalue weighted by Gasteiger charge is -2.30. The number of amides is 4. The van der Waals surface area contributed by atoms with Crippen molar-refractivity contribution in [2.75, 3.05) is 12.3 Å². The van der Waals surface area contributed by atoms with Gasteiger partial charge in [0.1, 0.15) is 18.1 Å². The maximum Gasteiger partial charge on any atom is 0.246 e. The van der Waals surface area contributed by atoms with Crippen LogP contribution in [0, 0.1) is 0 Å². The number of aromatic nitrogens is 2. The van der Waals surface area contributed by atoms with Crippen LogP contribution in [-0.4, -0.2) is 74.2 Å². The predicted molar refractivity (Wildman–Crippen MR) is 102 cm³/mol. The Kier molecular flexibility index (Phi) is 6.22. The van der Waals surface area contributed by atoms with E-state index in [1.165, 1.54) is 23.0 Å². The molecule has 0 bridgehead atoms. The van der Waals surface area contributed by atoms with Gasteiger partial charge in [0.25, 0.3) is 0 Å². The number of thioether (sulfide) groups is 1. The Morgan fingerprint density at radius 2 is 2.25 bits per heavy atom. The molecule has 2 aliphatic heterocycles. The number of hydrogen-bond donors (Lipinski definition) is 4. The van der Waals surface area contributed by atoms with Gasteiger partial charge in [-0.1, -0.05) is 0 Å². The summed E-state index contributed by atoms with van der Waals surface area (Å²) in [5, 5.41) is 5.20. The molecule has 2 unspecified atom stereocenters. The Balaban J connectivity index is 1.73. The number of H-pyrrole nitrogens is 1. The van der Waals surface area contributed by atoms with E-state index in [0.29, 0.717) is 30.8 Å². The normalized spacial score (nSPS) is 25.8. The molecule has 0 aromatic carbocycles. The van der Waals surface area contributed by atoms with Gasteiger partial charge in [0.05, 0.1) is 11.6 Å². The molecule has 2 fully saturated rings. The third-order valence-corrected chi connectivity index (χ3v) is 6.21. The topological polar surface area (TPSA) is 150 Å². The zero-order valence-electron chi connectivity index (χ0n) is 15.5. The van der Waals surface area contributed by atoms with Gasteiger partial charge >= 0.3 is 0 Å².